The predicted molar refractivity (Wildman–Crippen MR) is 115 cm³/mol. The molecule has 3 N–H and O–H groups in total. The van der Waals surface area contributed by atoms with E-state index in [0.29, 0.717) is 0 Å². The van der Waals surface area contributed by atoms with E-state index in [1.54, 1.807) is 0 Å². The first-order chi connectivity index (χ1) is 18.0. The van der Waals surface area contributed by atoms with Crippen LogP contribution in [0.5, 0.6) is 0 Å². The van der Waals surface area contributed by atoms with Crippen LogP contribution >= 0.6 is 7.82 Å². The van der Waals surface area contributed by atoms with Crippen LogP contribution in [0, 0.1) is 12.5 Å². The number of phosphoric ester groups is 1. The van der Waals surface area contributed by atoms with Gasteiger partial charge in [-0.05, 0) is 13.8 Å². The normalized spacial score (nSPS) is 33.4. The van der Waals surface area contributed by atoms with Crippen molar-refractivity contribution >= 4 is 7.82 Å². The van der Waals surface area contributed by atoms with E-state index in [1.165, 1.54) is 13.8 Å². The van der Waals surface area contributed by atoms with Crippen LogP contribution in [-0.4, -0.2) is 116 Å². The molecule has 2 aliphatic rings. The summed E-state index contributed by atoms with van der Waals surface area (Å²) >= 11 is 0. The third kappa shape index (κ3) is 9.47. The predicted octanol–water partition coefficient (Wildman–Crippen LogP) is 1.82. The topological polar surface area (TPSA) is 147 Å². The highest BCUT2D eigenvalue weighted by atomic mass is 31.2. The van der Waals surface area contributed by atoms with Gasteiger partial charge in [0.15, 0.2) is 5.92 Å². The molecule has 2 saturated heterocycles. The standard InChI is InChI=1S/C20H30F6NO11P/c1-10-15(29)16(30)13(36-10)7-35-39(31,34-5-4-27-3)38-18-12(6-28)37-11(2)17(18)33-9-32-8-14(19(21,22)23)20(24,25)26/h10-18,28-30H,4-9H2,1-2H3/t10-,11-,12+,13+,15+,16?,17+,18?,39?/m0/s1. The average Bonchev–Trinajstić information content (AvgIpc) is 3.25. The summed E-state index contributed by atoms with van der Waals surface area (Å²) in [4.78, 5) is 3.03. The second-order valence-corrected chi connectivity index (χ2v) is 10.3. The van der Waals surface area contributed by atoms with Crippen LogP contribution in [0.25, 0.3) is 4.85 Å². The maximum absolute atomic E-state index is 13.4. The third-order valence-corrected chi connectivity index (χ3v) is 7.31. The Kier molecular flexibility index (Phi) is 12.4. The molecule has 0 saturated carbocycles. The van der Waals surface area contributed by atoms with Gasteiger partial charge in [0.05, 0.1) is 32.0 Å². The SMILES string of the molecule is [C-]#[N+]CCOP(=O)(OC[C@H]1O[C@@H](C)[C@@H](O)C1O)OC1[C@@H](CO)O[C@@H](C)[C@H]1OCOCC(C(F)(F)F)C(F)(F)F. The Morgan fingerprint density at radius 3 is 2.10 bits per heavy atom. The lowest BCUT2D eigenvalue weighted by molar-refractivity contribution is -0.299. The molecule has 9 atom stereocenters. The Labute approximate surface area is 219 Å². The number of alkyl halides is 6. The van der Waals surface area contributed by atoms with Crippen molar-refractivity contribution in [3.63, 3.8) is 0 Å². The Morgan fingerprint density at radius 2 is 1.59 bits per heavy atom. The van der Waals surface area contributed by atoms with Gasteiger partial charge in [-0.2, -0.15) is 26.3 Å². The third-order valence-electron chi connectivity index (χ3n) is 5.84. The fraction of sp³-hybridized carbons (Fsp3) is 0.950. The lowest BCUT2D eigenvalue weighted by Crippen LogP contribution is -2.41. The van der Waals surface area contributed by atoms with Crippen molar-refractivity contribution in [2.75, 3.05) is 39.8 Å². The zero-order valence-corrected chi connectivity index (χ0v) is 21.6. The largest absolute Gasteiger partial charge is 0.475 e. The van der Waals surface area contributed by atoms with Crippen LogP contribution in [0.1, 0.15) is 13.8 Å². The van der Waals surface area contributed by atoms with E-state index in [4.69, 9.17) is 34.4 Å². The maximum atomic E-state index is 13.4. The first kappa shape index (κ1) is 34.1. The second-order valence-electron chi connectivity index (χ2n) is 8.71. The first-order valence-corrected chi connectivity index (χ1v) is 13.0. The van der Waals surface area contributed by atoms with E-state index in [0.717, 1.165) is 0 Å². The summed E-state index contributed by atoms with van der Waals surface area (Å²) < 4.78 is 126. The lowest BCUT2D eigenvalue weighted by Gasteiger charge is -2.28. The molecule has 0 aromatic carbocycles. The van der Waals surface area contributed by atoms with Crippen molar-refractivity contribution in [2.24, 2.45) is 5.92 Å². The number of rotatable bonds is 14. The van der Waals surface area contributed by atoms with Crippen LogP contribution in [0.4, 0.5) is 26.3 Å². The highest BCUT2D eigenvalue weighted by Gasteiger charge is 2.57. The zero-order chi connectivity index (χ0) is 29.6. The molecule has 3 unspecified atom stereocenters. The monoisotopic (exact) mass is 605 g/mol. The summed E-state index contributed by atoms with van der Waals surface area (Å²) in [7, 11) is -4.66. The molecule has 228 valence electrons. The number of nitrogens with zero attached hydrogens (tertiary/aromatic N) is 1. The highest BCUT2D eigenvalue weighted by Crippen LogP contribution is 2.53. The fourth-order valence-corrected chi connectivity index (χ4v) is 5.15. The Hall–Kier alpha value is -1.10. The molecule has 19 heteroatoms. The summed E-state index contributed by atoms with van der Waals surface area (Å²) in [5.74, 6) is -3.76. The van der Waals surface area contributed by atoms with Gasteiger partial charge in [-0.1, -0.05) is 0 Å². The van der Waals surface area contributed by atoms with E-state index in [2.05, 4.69) is 9.58 Å². The molecule has 0 aliphatic carbocycles. The quantitative estimate of drug-likeness (QED) is 0.0876. The van der Waals surface area contributed by atoms with Gasteiger partial charge in [0.25, 0.3) is 0 Å². The summed E-state index contributed by atoms with van der Waals surface area (Å²) in [6.45, 7) is 4.72. The Bertz CT molecular complexity index is 845. The molecule has 12 nitrogen and oxygen atoms in total. The van der Waals surface area contributed by atoms with Gasteiger partial charge in [-0.15, -0.1) is 0 Å². The molecule has 2 rings (SSSR count). The van der Waals surface area contributed by atoms with Crippen molar-refractivity contribution in [3.8, 4) is 0 Å². The number of ether oxygens (including phenoxy) is 4. The lowest BCUT2D eigenvalue weighted by atomic mass is 10.1. The molecule has 39 heavy (non-hydrogen) atoms. The average molecular weight is 605 g/mol. The molecule has 2 fully saturated rings. The maximum Gasteiger partial charge on any atom is 0.475 e. The van der Waals surface area contributed by atoms with Gasteiger partial charge >= 0.3 is 20.2 Å². The first-order valence-electron chi connectivity index (χ1n) is 11.6. The smallest absolute Gasteiger partial charge is 0.394 e. The molecule has 0 amide bonds. The molecule has 0 aromatic rings. The summed E-state index contributed by atoms with van der Waals surface area (Å²) in [5.41, 5.74) is 0. The van der Waals surface area contributed by atoms with Gasteiger partial charge in [0.1, 0.15) is 50.0 Å². The summed E-state index contributed by atoms with van der Waals surface area (Å²) in [6, 6.07) is 0. The minimum Gasteiger partial charge on any atom is -0.394 e. The van der Waals surface area contributed by atoms with Crippen LogP contribution in [0.15, 0.2) is 0 Å². The number of halogens is 6. The molecule has 2 heterocycles. The number of phosphoric acid groups is 1. The van der Waals surface area contributed by atoms with E-state index < -0.39 is 108 Å². The van der Waals surface area contributed by atoms with Crippen molar-refractivity contribution in [3.05, 3.63) is 11.4 Å². The van der Waals surface area contributed by atoms with Crippen LogP contribution in [0.3, 0.4) is 0 Å². The molecule has 0 spiro atoms. The Balaban J connectivity index is 2.10. The number of aliphatic hydroxyl groups excluding tert-OH is 3. The number of hydrogen-bond donors (Lipinski definition) is 3. The van der Waals surface area contributed by atoms with E-state index in [9.17, 15) is 46.2 Å². The fourth-order valence-electron chi connectivity index (χ4n) is 3.76. The summed E-state index contributed by atoms with van der Waals surface area (Å²) in [6.07, 6.45) is -20.9. The van der Waals surface area contributed by atoms with Gasteiger partial charge < -0.3 is 39.1 Å². The van der Waals surface area contributed by atoms with E-state index >= 15 is 0 Å². The molecule has 2 aliphatic heterocycles. The Morgan fingerprint density at radius 1 is 0.974 bits per heavy atom. The van der Waals surface area contributed by atoms with Gasteiger partial charge in [-0.25, -0.2) is 11.1 Å². The van der Waals surface area contributed by atoms with Crippen LogP contribution in [-0.2, 0) is 37.1 Å². The van der Waals surface area contributed by atoms with Crippen LogP contribution < -0.4 is 0 Å². The zero-order valence-electron chi connectivity index (χ0n) is 20.7. The van der Waals surface area contributed by atoms with Gasteiger partial charge in [0, 0.05) is 0 Å². The minimum absolute atomic E-state index is 0.274. The van der Waals surface area contributed by atoms with Crippen molar-refractivity contribution in [1.29, 1.82) is 0 Å². The van der Waals surface area contributed by atoms with Crippen molar-refractivity contribution in [2.45, 2.75) is 75.0 Å². The molecular weight excluding hydrogens is 575 g/mol. The minimum atomic E-state index is -5.62. The molecule has 0 bridgehead atoms. The van der Waals surface area contributed by atoms with Gasteiger partial charge in [0.2, 0.25) is 6.54 Å². The highest BCUT2D eigenvalue weighted by molar-refractivity contribution is 7.48. The van der Waals surface area contributed by atoms with Crippen molar-refractivity contribution in [1.82, 2.24) is 0 Å². The van der Waals surface area contributed by atoms with Gasteiger partial charge in [-0.3, -0.25) is 13.6 Å². The number of hydrogen-bond acceptors (Lipinski definition) is 11. The van der Waals surface area contributed by atoms with E-state index in [-0.39, 0.29) is 6.54 Å². The summed E-state index contributed by atoms with van der Waals surface area (Å²) in [5, 5.41) is 29.5. The van der Waals surface area contributed by atoms with Crippen LogP contribution in [0.2, 0.25) is 0 Å². The van der Waals surface area contributed by atoms with Crippen molar-refractivity contribution < 1.29 is 78.7 Å². The van der Waals surface area contributed by atoms with E-state index in [1.807, 2.05) is 0 Å². The molecule has 0 radical (unpaired) electrons. The molecular formula is C20H30F6NO11P. The second kappa shape index (κ2) is 14.2. The molecule has 0 aromatic heterocycles. The number of aliphatic hydroxyl groups is 3.